The topological polar surface area (TPSA) is 54.2 Å². The second-order valence-electron chi connectivity index (χ2n) is 4.62. The zero-order chi connectivity index (χ0) is 13.2. The molecule has 1 N–H and O–H groups in total. The third-order valence-electron chi connectivity index (χ3n) is 3.52. The van der Waals surface area contributed by atoms with Crippen LogP contribution >= 0.6 is 0 Å². The van der Waals surface area contributed by atoms with E-state index in [2.05, 4.69) is 46.3 Å². The molecule has 19 heavy (non-hydrogen) atoms. The molecule has 1 aromatic carbocycles. The third kappa shape index (κ3) is 2.16. The molecule has 0 fully saturated rings. The predicted molar refractivity (Wildman–Crippen MR) is 75.5 cm³/mol. The molecule has 0 spiro atoms. The van der Waals surface area contributed by atoms with Crippen LogP contribution in [0, 0.1) is 0 Å². The summed E-state index contributed by atoms with van der Waals surface area (Å²) in [5.41, 5.74) is 3.53. The molecule has 5 nitrogen and oxygen atoms in total. The van der Waals surface area contributed by atoms with Gasteiger partial charge in [-0.3, -0.25) is 0 Å². The Hall–Kier alpha value is -2.04. The van der Waals surface area contributed by atoms with E-state index in [1.54, 1.807) is 0 Å². The Morgan fingerprint density at radius 2 is 2.16 bits per heavy atom. The zero-order valence-electron chi connectivity index (χ0n) is 11.3. The molecule has 1 aliphatic rings. The maximum atomic E-state index is 5.37. The molecule has 100 valence electrons. The Kier molecular flexibility index (Phi) is 3.11. The van der Waals surface area contributed by atoms with Gasteiger partial charge in [0.1, 0.15) is 0 Å². The first-order valence-corrected chi connectivity index (χ1v) is 6.77. The number of anilines is 2. The van der Waals surface area contributed by atoms with Crippen LogP contribution in [0.25, 0.3) is 11.5 Å². The van der Waals surface area contributed by atoms with Crippen molar-refractivity contribution >= 4 is 11.6 Å². The summed E-state index contributed by atoms with van der Waals surface area (Å²) in [5, 5.41) is 7.40. The van der Waals surface area contributed by atoms with Crippen molar-refractivity contribution in [2.45, 2.75) is 20.3 Å². The molecular weight excluding hydrogens is 240 g/mol. The molecule has 5 heteroatoms. The standard InChI is InChI=1S/C14H18N4O/c1-3-18(4-2)14-16-13(19-17-14)11-5-6-12-10(9-11)7-8-15-12/h5-6,9,15H,3-4,7-8H2,1-2H3. The number of nitrogens with zero attached hydrogens (tertiary/aromatic N) is 3. The van der Waals surface area contributed by atoms with Crippen molar-refractivity contribution in [3.05, 3.63) is 23.8 Å². The summed E-state index contributed by atoms with van der Waals surface area (Å²) >= 11 is 0. The Labute approximate surface area is 112 Å². The zero-order valence-corrected chi connectivity index (χ0v) is 11.3. The summed E-state index contributed by atoms with van der Waals surface area (Å²) in [6.07, 6.45) is 1.06. The van der Waals surface area contributed by atoms with Crippen molar-refractivity contribution in [1.82, 2.24) is 10.1 Å². The summed E-state index contributed by atoms with van der Waals surface area (Å²) in [6.45, 7) is 6.93. The lowest BCUT2D eigenvalue weighted by Gasteiger charge is -2.14. The van der Waals surface area contributed by atoms with Crippen molar-refractivity contribution < 1.29 is 4.52 Å². The molecule has 0 radical (unpaired) electrons. The molecule has 0 saturated carbocycles. The second kappa shape index (κ2) is 4.91. The maximum Gasteiger partial charge on any atom is 0.266 e. The second-order valence-corrected chi connectivity index (χ2v) is 4.62. The van der Waals surface area contributed by atoms with Gasteiger partial charge in [0.25, 0.3) is 11.8 Å². The number of fused-ring (bicyclic) bond motifs is 1. The van der Waals surface area contributed by atoms with Gasteiger partial charge in [0.2, 0.25) is 0 Å². The van der Waals surface area contributed by atoms with E-state index in [0.717, 1.165) is 31.6 Å². The van der Waals surface area contributed by atoms with Gasteiger partial charge in [-0.15, -0.1) is 0 Å². The number of hydrogen-bond acceptors (Lipinski definition) is 5. The Morgan fingerprint density at radius 1 is 1.32 bits per heavy atom. The molecule has 0 unspecified atom stereocenters. The van der Waals surface area contributed by atoms with Crippen LogP contribution in [0.15, 0.2) is 22.7 Å². The van der Waals surface area contributed by atoms with Gasteiger partial charge in [-0.1, -0.05) is 0 Å². The van der Waals surface area contributed by atoms with E-state index < -0.39 is 0 Å². The normalized spacial score (nSPS) is 13.2. The largest absolute Gasteiger partial charge is 0.384 e. The molecule has 0 saturated heterocycles. The van der Waals surface area contributed by atoms with Gasteiger partial charge in [-0.05, 0) is 49.2 Å². The highest BCUT2D eigenvalue weighted by atomic mass is 16.5. The van der Waals surface area contributed by atoms with Gasteiger partial charge < -0.3 is 14.7 Å². The van der Waals surface area contributed by atoms with Crippen LogP contribution in [0.2, 0.25) is 0 Å². The quantitative estimate of drug-likeness (QED) is 0.913. The van der Waals surface area contributed by atoms with Gasteiger partial charge in [0.15, 0.2) is 0 Å². The maximum absolute atomic E-state index is 5.37. The summed E-state index contributed by atoms with van der Waals surface area (Å²) in [4.78, 5) is 6.55. The van der Waals surface area contributed by atoms with Crippen LogP contribution in [0.1, 0.15) is 19.4 Å². The van der Waals surface area contributed by atoms with E-state index >= 15 is 0 Å². The molecule has 3 rings (SSSR count). The van der Waals surface area contributed by atoms with Gasteiger partial charge >= 0.3 is 0 Å². The lowest BCUT2D eigenvalue weighted by Crippen LogP contribution is -2.22. The first-order valence-electron chi connectivity index (χ1n) is 6.77. The van der Waals surface area contributed by atoms with Crippen molar-refractivity contribution in [3.63, 3.8) is 0 Å². The highest BCUT2D eigenvalue weighted by Crippen LogP contribution is 2.28. The number of rotatable bonds is 4. The van der Waals surface area contributed by atoms with E-state index in [0.29, 0.717) is 11.8 Å². The smallest absolute Gasteiger partial charge is 0.266 e. The fourth-order valence-corrected chi connectivity index (χ4v) is 2.41. The monoisotopic (exact) mass is 258 g/mol. The minimum Gasteiger partial charge on any atom is -0.384 e. The number of aromatic nitrogens is 2. The lowest BCUT2D eigenvalue weighted by molar-refractivity contribution is 0.429. The Morgan fingerprint density at radius 3 is 2.95 bits per heavy atom. The summed E-state index contributed by atoms with van der Waals surface area (Å²) in [6, 6.07) is 6.24. The van der Waals surface area contributed by atoms with Crippen LogP contribution in [0.3, 0.4) is 0 Å². The van der Waals surface area contributed by atoms with Gasteiger partial charge in [0.05, 0.1) is 0 Å². The molecule has 1 aliphatic heterocycles. The molecule has 2 heterocycles. The third-order valence-corrected chi connectivity index (χ3v) is 3.52. The van der Waals surface area contributed by atoms with Crippen molar-refractivity contribution in [2.75, 3.05) is 29.9 Å². The summed E-state index contributed by atoms with van der Waals surface area (Å²) < 4.78 is 5.37. The molecular formula is C14H18N4O. The predicted octanol–water partition coefficient (Wildman–Crippen LogP) is 2.55. The Balaban J connectivity index is 1.90. The van der Waals surface area contributed by atoms with Crippen molar-refractivity contribution in [3.8, 4) is 11.5 Å². The van der Waals surface area contributed by atoms with E-state index in [9.17, 15) is 0 Å². The lowest BCUT2D eigenvalue weighted by atomic mass is 10.1. The molecule has 0 aliphatic carbocycles. The van der Waals surface area contributed by atoms with E-state index in [1.807, 2.05) is 6.07 Å². The molecule has 1 aromatic heterocycles. The number of nitrogens with one attached hydrogen (secondary N) is 1. The number of hydrogen-bond donors (Lipinski definition) is 1. The summed E-state index contributed by atoms with van der Waals surface area (Å²) in [7, 11) is 0. The van der Waals surface area contributed by atoms with Crippen molar-refractivity contribution in [2.24, 2.45) is 0 Å². The minimum absolute atomic E-state index is 0.594. The van der Waals surface area contributed by atoms with Crippen LogP contribution in [-0.4, -0.2) is 29.8 Å². The molecule has 0 bridgehead atoms. The SMILES string of the molecule is CCN(CC)c1noc(-c2ccc3c(c2)CCN3)n1. The fourth-order valence-electron chi connectivity index (χ4n) is 2.41. The molecule has 0 amide bonds. The molecule has 0 atom stereocenters. The van der Waals surface area contributed by atoms with Crippen molar-refractivity contribution in [1.29, 1.82) is 0 Å². The van der Waals surface area contributed by atoms with Crippen LogP contribution < -0.4 is 10.2 Å². The summed E-state index contributed by atoms with van der Waals surface area (Å²) in [5.74, 6) is 1.26. The Bertz CT molecular complexity index is 575. The number of benzene rings is 1. The average Bonchev–Trinajstić information content (AvgIpc) is 3.08. The highest BCUT2D eigenvalue weighted by molar-refractivity contribution is 5.65. The van der Waals surface area contributed by atoms with Crippen LogP contribution in [-0.2, 0) is 6.42 Å². The first-order chi connectivity index (χ1) is 9.31. The van der Waals surface area contributed by atoms with E-state index in [1.165, 1.54) is 11.3 Å². The van der Waals surface area contributed by atoms with Gasteiger partial charge in [0, 0.05) is 30.9 Å². The molecule has 2 aromatic rings. The van der Waals surface area contributed by atoms with Crippen LogP contribution in [0.4, 0.5) is 11.6 Å². The van der Waals surface area contributed by atoms with E-state index in [4.69, 9.17) is 4.52 Å². The van der Waals surface area contributed by atoms with Crippen LogP contribution in [0.5, 0.6) is 0 Å². The minimum atomic E-state index is 0.594. The van der Waals surface area contributed by atoms with Gasteiger partial charge in [-0.2, -0.15) is 4.98 Å². The van der Waals surface area contributed by atoms with E-state index in [-0.39, 0.29) is 0 Å². The fraction of sp³-hybridized carbons (Fsp3) is 0.429. The average molecular weight is 258 g/mol. The highest BCUT2D eigenvalue weighted by Gasteiger charge is 2.16. The first kappa shape index (κ1) is 12.0. The van der Waals surface area contributed by atoms with Gasteiger partial charge in [-0.25, -0.2) is 0 Å².